The zero-order valence-corrected chi connectivity index (χ0v) is 9.45. The van der Waals surface area contributed by atoms with Crippen LogP contribution in [0, 0.1) is 0 Å². The van der Waals surface area contributed by atoms with Crippen LogP contribution in [0.2, 0.25) is 0 Å². The highest BCUT2D eigenvalue weighted by Crippen LogP contribution is 2.15. The lowest BCUT2D eigenvalue weighted by molar-refractivity contribution is 0.0697. The minimum absolute atomic E-state index is 0.300. The number of methoxy groups -OCH3 is 1. The number of aryl methyl sites for hydroxylation is 1. The van der Waals surface area contributed by atoms with E-state index in [0.29, 0.717) is 12.2 Å². The summed E-state index contributed by atoms with van der Waals surface area (Å²) in [6, 6.07) is 1.59. The van der Waals surface area contributed by atoms with Gasteiger partial charge in [-0.15, -0.1) is 0 Å². The summed E-state index contributed by atoms with van der Waals surface area (Å²) >= 11 is 3.30. The summed E-state index contributed by atoms with van der Waals surface area (Å²) in [6.07, 6.45) is 2.48. The molecule has 5 heteroatoms. The predicted molar refractivity (Wildman–Crippen MR) is 55.6 cm³/mol. The molecule has 0 fully saturated rings. The van der Waals surface area contributed by atoms with E-state index in [4.69, 9.17) is 9.84 Å². The molecular formula is C9H12BrNO3. The van der Waals surface area contributed by atoms with Crippen LogP contribution >= 0.6 is 15.9 Å². The highest BCUT2D eigenvalue weighted by atomic mass is 79.9. The number of rotatable bonds is 5. The molecule has 0 radical (unpaired) electrons. The van der Waals surface area contributed by atoms with Gasteiger partial charge in [-0.25, -0.2) is 4.79 Å². The Bertz CT molecular complexity index is 322. The summed E-state index contributed by atoms with van der Waals surface area (Å²) < 4.78 is 7.55. The lowest BCUT2D eigenvalue weighted by Gasteiger charge is -2.03. The maximum atomic E-state index is 10.6. The summed E-state index contributed by atoms with van der Waals surface area (Å²) in [6.45, 7) is 1.43. The number of nitrogens with zero attached hydrogens (tertiary/aromatic N) is 1. The Balaban J connectivity index is 2.63. The second-order valence-electron chi connectivity index (χ2n) is 2.90. The topological polar surface area (TPSA) is 51.5 Å². The molecule has 14 heavy (non-hydrogen) atoms. The molecule has 0 saturated carbocycles. The fraction of sp³-hybridized carbons (Fsp3) is 0.444. The molecule has 1 rings (SSSR count). The summed E-state index contributed by atoms with van der Waals surface area (Å²) in [5.74, 6) is -0.906. The summed E-state index contributed by atoms with van der Waals surface area (Å²) in [4.78, 5) is 10.6. The molecular weight excluding hydrogens is 250 g/mol. The number of aromatic carboxylic acids is 1. The van der Waals surface area contributed by atoms with Crippen LogP contribution in [0.3, 0.4) is 0 Å². The van der Waals surface area contributed by atoms with Crippen molar-refractivity contribution in [3.05, 3.63) is 22.4 Å². The summed E-state index contributed by atoms with van der Waals surface area (Å²) in [7, 11) is 1.65. The van der Waals surface area contributed by atoms with Gasteiger partial charge >= 0.3 is 5.97 Å². The van der Waals surface area contributed by atoms with Gasteiger partial charge in [0.2, 0.25) is 0 Å². The second-order valence-corrected chi connectivity index (χ2v) is 3.71. The van der Waals surface area contributed by atoms with Gasteiger partial charge in [0, 0.05) is 26.5 Å². The number of carboxylic acids is 1. The monoisotopic (exact) mass is 261 g/mol. The van der Waals surface area contributed by atoms with E-state index >= 15 is 0 Å². The molecule has 1 aromatic rings. The Hall–Kier alpha value is -0.810. The molecule has 0 atom stereocenters. The number of carbonyl (C=O) groups is 1. The smallest absolute Gasteiger partial charge is 0.337 e. The van der Waals surface area contributed by atoms with Crippen LogP contribution in [-0.2, 0) is 11.3 Å². The van der Waals surface area contributed by atoms with E-state index < -0.39 is 5.97 Å². The fourth-order valence-electron chi connectivity index (χ4n) is 1.15. The van der Waals surface area contributed by atoms with Gasteiger partial charge in [-0.3, -0.25) is 0 Å². The maximum Gasteiger partial charge on any atom is 0.337 e. The number of hydrogen-bond donors (Lipinski definition) is 1. The first-order valence-electron chi connectivity index (χ1n) is 4.23. The van der Waals surface area contributed by atoms with Crippen molar-refractivity contribution in [3.63, 3.8) is 0 Å². The molecule has 0 aliphatic carbocycles. The van der Waals surface area contributed by atoms with Crippen molar-refractivity contribution >= 4 is 21.9 Å². The van der Waals surface area contributed by atoms with Crippen LogP contribution in [0.4, 0.5) is 0 Å². The van der Waals surface area contributed by atoms with Crippen LogP contribution in [0.25, 0.3) is 0 Å². The quantitative estimate of drug-likeness (QED) is 0.825. The summed E-state index contributed by atoms with van der Waals surface area (Å²) in [5, 5.41) is 8.74. The molecule has 4 nitrogen and oxygen atoms in total. The predicted octanol–water partition coefficient (Wildman–Crippen LogP) is 1.99. The number of hydrogen-bond acceptors (Lipinski definition) is 2. The minimum Gasteiger partial charge on any atom is -0.478 e. The molecule has 0 bridgehead atoms. The average Bonchev–Trinajstić information content (AvgIpc) is 2.49. The lowest BCUT2D eigenvalue weighted by atomic mass is 10.3. The fourth-order valence-corrected chi connectivity index (χ4v) is 1.67. The highest BCUT2D eigenvalue weighted by Gasteiger charge is 2.08. The Morgan fingerprint density at radius 1 is 1.71 bits per heavy atom. The van der Waals surface area contributed by atoms with Crippen molar-refractivity contribution in [1.82, 2.24) is 4.57 Å². The van der Waals surface area contributed by atoms with Crippen LogP contribution in [0.15, 0.2) is 16.9 Å². The van der Waals surface area contributed by atoms with Crippen molar-refractivity contribution in [2.75, 3.05) is 13.7 Å². The van der Waals surface area contributed by atoms with Crippen molar-refractivity contribution in [1.29, 1.82) is 0 Å². The molecule has 0 aliphatic heterocycles. The molecule has 0 aliphatic rings. The van der Waals surface area contributed by atoms with Gasteiger partial charge in [0.15, 0.2) is 0 Å². The Labute approximate surface area is 90.6 Å². The number of aromatic nitrogens is 1. The zero-order chi connectivity index (χ0) is 10.6. The largest absolute Gasteiger partial charge is 0.478 e. The lowest BCUT2D eigenvalue weighted by Crippen LogP contribution is -2.00. The molecule has 0 spiro atoms. The van der Waals surface area contributed by atoms with Gasteiger partial charge in [-0.2, -0.15) is 0 Å². The van der Waals surface area contributed by atoms with Gasteiger partial charge in [0.1, 0.15) is 0 Å². The molecule has 0 aromatic carbocycles. The number of ether oxygens (including phenoxy) is 1. The maximum absolute atomic E-state index is 10.6. The number of halogens is 1. The van der Waals surface area contributed by atoms with Gasteiger partial charge in [-0.05, 0) is 28.4 Å². The van der Waals surface area contributed by atoms with Gasteiger partial charge in [-0.1, -0.05) is 0 Å². The molecule has 0 unspecified atom stereocenters. The standard InChI is InChI=1S/C9H12BrNO3/c1-14-4-2-3-11-6-7(9(12)13)5-8(11)10/h5-6H,2-4H2,1H3,(H,12,13). The van der Waals surface area contributed by atoms with Crippen molar-refractivity contribution in [2.45, 2.75) is 13.0 Å². The molecule has 1 N–H and O–H groups in total. The Kier molecular flexibility index (Phi) is 4.16. The Morgan fingerprint density at radius 2 is 2.43 bits per heavy atom. The van der Waals surface area contributed by atoms with E-state index in [9.17, 15) is 4.79 Å². The second kappa shape index (κ2) is 5.17. The van der Waals surface area contributed by atoms with E-state index in [2.05, 4.69) is 15.9 Å². The van der Waals surface area contributed by atoms with Crippen LogP contribution < -0.4 is 0 Å². The van der Waals surface area contributed by atoms with E-state index in [0.717, 1.165) is 17.6 Å². The van der Waals surface area contributed by atoms with Crippen molar-refractivity contribution in [2.24, 2.45) is 0 Å². The minimum atomic E-state index is -0.906. The van der Waals surface area contributed by atoms with Gasteiger partial charge < -0.3 is 14.4 Å². The van der Waals surface area contributed by atoms with Gasteiger partial charge in [0.25, 0.3) is 0 Å². The third kappa shape index (κ3) is 2.85. The summed E-state index contributed by atoms with van der Waals surface area (Å²) in [5.41, 5.74) is 0.300. The molecule has 1 heterocycles. The number of carboxylic acid groups (broad SMARTS) is 1. The first kappa shape index (κ1) is 11.3. The third-order valence-corrected chi connectivity index (χ3v) is 2.52. The van der Waals surface area contributed by atoms with Crippen LogP contribution in [0.1, 0.15) is 16.8 Å². The van der Waals surface area contributed by atoms with Crippen LogP contribution in [0.5, 0.6) is 0 Å². The molecule has 0 saturated heterocycles. The van der Waals surface area contributed by atoms with E-state index in [1.165, 1.54) is 0 Å². The van der Waals surface area contributed by atoms with E-state index in [-0.39, 0.29) is 0 Å². The van der Waals surface area contributed by atoms with Gasteiger partial charge in [0.05, 0.1) is 10.2 Å². The van der Waals surface area contributed by atoms with E-state index in [1.54, 1.807) is 19.4 Å². The first-order valence-corrected chi connectivity index (χ1v) is 5.02. The SMILES string of the molecule is COCCCn1cc(C(=O)O)cc1Br. The molecule has 1 aromatic heterocycles. The van der Waals surface area contributed by atoms with Crippen molar-refractivity contribution in [3.8, 4) is 0 Å². The van der Waals surface area contributed by atoms with Crippen LogP contribution in [-0.4, -0.2) is 29.4 Å². The molecule has 78 valence electrons. The third-order valence-electron chi connectivity index (χ3n) is 1.84. The normalized spacial score (nSPS) is 10.4. The molecule has 0 amide bonds. The first-order chi connectivity index (χ1) is 6.65. The van der Waals surface area contributed by atoms with Crippen molar-refractivity contribution < 1.29 is 14.6 Å². The average molecular weight is 262 g/mol. The Morgan fingerprint density at radius 3 is 2.93 bits per heavy atom. The highest BCUT2D eigenvalue weighted by molar-refractivity contribution is 9.10. The van der Waals surface area contributed by atoms with E-state index in [1.807, 2.05) is 4.57 Å². The zero-order valence-electron chi connectivity index (χ0n) is 7.86.